The number of ether oxygens (including phenoxy) is 1. The highest BCUT2D eigenvalue weighted by Crippen LogP contribution is 2.28. The lowest BCUT2D eigenvalue weighted by atomic mass is 10.2. The SMILES string of the molecule is COc1ccc(Cl)cc1NC(=O)c1ncccc1F. The van der Waals surface area contributed by atoms with Gasteiger partial charge in [0.15, 0.2) is 11.5 Å². The smallest absolute Gasteiger partial charge is 0.277 e. The number of hydrogen-bond donors (Lipinski definition) is 1. The topological polar surface area (TPSA) is 51.2 Å². The summed E-state index contributed by atoms with van der Waals surface area (Å²) in [7, 11) is 1.46. The number of amides is 1. The fraction of sp³-hybridized carbons (Fsp3) is 0.0769. The molecule has 6 heteroatoms. The largest absolute Gasteiger partial charge is 0.495 e. The molecule has 2 aromatic rings. The maximum absolute atomic E-state index is 13.4. The maximum Gasteiger partial charge on any atom is 0.277 e. The summed E-state index contributed by atoms with van der Waals surface area (Å²) in [5, 5.41) is 2.94. The van der Waals surface area contributed by atoms with Crippen LogP contribution in [-0.4, -0.2) is 18.0 Å². The van der Waals surface area contributed by atoms with Crippen molar-refractivity contribution in [2.45, 2.75) is 0 Å². The lowest BCUT2D eigenvalue weighted by molar-refractivity contribution is 0.101. The van der Waals surface area contributed by atoms with Crippen molar-refractivity contribution in [3.05, 3.63) is 53.1 Å². The third-order valence-corrected chi connectivity index (χ3v) is 2.62. The third-order valence-electron chi connectivity index (χ3n) is 2.38. The molecule has 1 heterocycles. The Hall–Kier alpha value is -2.14. The number of carbonyl (C=O) groups excluding carboxylic acids is 1. The average molecular weight is 281 g/mol. The van der Waals surface area contributed by atoms with Crippen LogP contribution in [0.5, 0.6) is 5.75 Å². The van der Waals surface area contributed by atoms with E-state index in [1.807, 2.05) is 0 Å². The number of pyridine rings is 1. The van der Waals surface area contributed by atoms with Crippen LogP contribution < -0.4 is 10.1 Å². The Morgan fingerprint density at radius 3 is 2.89 bits per heavy atom. The van der Waals surface area contributed by atoms with Crippen LogP contribution in [0.2, 0.25) is 5.02 Å². The number of aromatic nitrogens is 1. The van der Waals surface area contributed by atoms with Crippen molar-refractivity contribution in [2.75, 3.05) is 12.4 Å². The van der Waals surface area contributed by atoms with Crippen LogP contribution in [0.1, 0.15) is 10.5 Å². The molecule has 1 aromatic carbocycles. The average Bonchev–Trinajstić information content (AvgIpc) is 2.39. The van der Waals surface area contributed by atoms with E-state index in [-0.39, 0.29) is 5.69 Å². The van der Waals surface area contributed by atoms with Crippen molar-refractivity contribution in [3.8, 4) is 5.75 Å². The highest BCUT2D eigenvalue weighted by atomic mass is 35.5. The van der Waals surface area contributed by atoms with Crippen LogP contribution in [0.25, 0.3) is 0 Å². The van der Waals surface area contributed by atoms with Gasteiger partial charge in [0.2, 0.25) is 0 Å². The van der Waals surface area contributed by atoms with Crippen molar-refractivity contribution in [1.82, 2.24) is 4.98 Å². The molecule has 0 spiro atoms. The molecule has 1 aromatic heterocycles. The Morgan fingerprint density at radius 2 is 2.21 bits per heavy atom. The van der Waals surface area contributed by atoms with Crippen molar-refractivity contribution >= 4 is 23.2 Å². The Balaban J connectivity index is 2.29. The molecule has 0 aliphatic carbocycles. The number of hydrogen-bond acceptors (Lipinski definition) is 3. The summed E-state index contributed by atoms with van der Waals surface area (Å²) in [4.78, 5) is 15.6. The number of rotatable bonds is 3. The van der Waals surface area contributed by atoms with Crippen LogP contribution >= 0.6 is 11.6 Å². The molecule has 1 amide bonds. The number of benzene rings is 1. The van der Waals surface area contributed by atoms with Crippen molar-refractivity contribution < 1.29 is 13.9 Å². The van der Waals surface area contributed by atoms with Gasteiger partial charge in [-0.3, -0.25) is 4.79 Å². The summed E-state index contributed by atoms with van der Waals surface area (Å²) in [5.41, 5.74) is 0.0644. The molecular weight excluding hydrogens is 271 g/mol. The molecule has 0 bridgehead atoms. The Morgan fingerprint density at radius 1 is 1.42 bits per heavy atom. The monoisotopic (exact) mass is 280 g/mol. The van der Waals surface area contributed by atoms with E-state index < -0.39 is 11.7 Å². The number of carbonyl (C=O) groups is 1. The van der Waals surface area contributed by atoms with Crippen LogP contribution in [0.4, 0.5) is 10.1 Å². The highest BCUT2D eigenvalue weighted by Gasteiger charge is 2.15. The fourth-order valence-corrected chi connectivity index (χ4v) is 1.68. The van der Waals surface area contributed by atoms with Crippen LogP contribution in [0, 0.1) is 5.82 Å². The van der Waals surface area contributed by atoms with E-state index in [4.69, 9.17) is 16.3 Å². The van der Waals surface area contributed by atoms with Crippen LogP contribution in [-0.2, 0) is 0 Å². The van der Waals surface area contributed by atoms with Crippen LogP contribution in [0.15, 0.2) is 36.5 Å². The molecule has 4 nitrogen and oxygen atoms in total. The fourth-order valence-electron chi connectivity index (χ4n) is 1.51. The molecule has 0 radical (unpaired) electrons. The second kappa shape index (κ2) is 5.67. The first kappa shape index (κ1) is 13.3. The quantitative estimate of drug-likeness (QED) is 0.940. The van der Waals surface area contributed by atoms with Gasteiger partial charge in [-0.2, -0.15) is 0 Å². The van der Waals surface area contributed by atoms with E-state index in [0.29, 0.717) is 16.5 Å². The first-order valence-corrected chi connectivity index (χ1v) is 5.75. The summed E-state index contributed by atoms with van der Waals surface area (Å²) in [6.45, 7) is 0. The van der Waals surface area contributed by atoms with E-state index >= 15 is 0 Å². The van der Waals surface area contributed by atoms with Gasteiger partial charge in [-0.1, -0.05) is 11.6 Å². The van der Waals surface area contributed by atoms with E-state index in [1.54, 1.807) is 12.1 Å². The minimum atomic E-state index is -0.694. The Labute approximate surface area is 114 Å². The van der Waals surface area contributed by atoms with Crippen molar-refractivity contribution in [3.63, 3.8) is 0 Å². The number of nitrogens with one attached hydrogen (secondary N) is 1. The van der Waals surface area contributed by atoms with E-state index in [1.165, 1.54) is 25.4 Å². The minimum Gasteiger partial charge on any atom is -0.495 e. The van der Waals surface area contributed by atoms with Gasteiger partial charge in [0.25, 0.3) is 5.91 Å². The first-order chi connectivity index (χ1) is 9.11. The summed E-state index contributed by atoms with van der Waals surface area (Å²) in [6.07, 6.45) is 1.34. The highest BCUT2D eigenvalue weighted by molar-refractivity contribution is 6.31. The van der Waals surface area contributed by atoms with Gasteiger partial charge in [-0.25, -0.2) is 9.37 Å². The van der Waals surface area contributed by atoms with Crippen LogP contribution in [0.3, 0.4) is 0 Å². The van der Waals surface area contributed by atoms with Crippen molar-refractivity contribution in [2.24, 2.45) is 0 Å². The van der Waals surface area contributed by atoms with Gasteiger partial charge in [0.1, 0.15) is 5.75 Å². The van der Waals surface area contributed by atoms with Gasteiger partial charge >= 0.3 is 0 Å². The number of nitrogens with zero attached hydrogens (tertiary/aromatic N) is 1. The number of anilines is 1. The molecule has 0 fully saturated rings. The summed E-state index contributed by atoms with van der Waals surface area (Å²) in [6, 6.07) is 7.31. The zero-order valence-corrected chi connectivity index (χ0v) is 10.7. The molecule has 0 aliphatic rings. The molecule has 19 heavy (non-hydrogen) atoms. The molecule has 0 atom stereocenters. The zero-order valence-electron chi connectivity index (χ0n) is 9.98. The lowest BCUT2D eigenvalue weighted by Crippen LogP contribution is -2.16. The summed E-state index contributed by atoms with van der Waals surface area (Å²) < 4.78 is 18.5. The number of halogens is 2. The molecule has 0 saturated carbocycles. The summed E-state index contributed by atoms with van der Waals surface area (Å²) in [5.74, 6) is -0.936. The van der Waals surface area contributed by atoms with E-state index in [9.17, 15) is 9.18 Å². The second-order valence-corrected chi connectivity index (χ2v) is 4.07. The minimum absolute atomic E-state index is 0.287. The molecule has 98 valence electrons. The standard InChI is InChI=1S/C13H10ClFN2O2/c1-19-11-5-4-8(14)7-10(11)17-13(18)12-9(15)3-2-6-16-12/h2-7H,1H3,(H,17,18). The van der Waals surface area contributed by atoms with Gasteiger partial charge in [0, 0.05) is 11.2 Å². The van der Waals surface area contributed by atoms with Gasteiger partial charge in [-0.15, -0.1) is 0 Å². The molecule has 0 unspecified atom stereocenters. The normalized spacial score (nSPS) is 10.1. The molecule has 0 saturated heterocycles. The molecule has 0 aliphatic heterocycles. The lowest BCUT2D eigenvalue weighted by Gasteiger charge is -2.10. The van der Waals surface area contributed by atoms with Gasteiger partial charge in [-0.05, 0) is 30.3 Å². The summed E-state index contributed by atoms with van der Waals surface area (Å²) >= 11 is 5.84. The van der Waals surface area contributed by atoms with Gasteiger partial charge in [0.05, 0.1) is 12.8 Å². The molecule has 1 N–H and O–H groups in total. The maximum atomic E-state index is 13.4. The Bertz CT molecular complexity index is 619. The van der Waals surface area contributed by atoms with E-state index in [2.05, 4.69) is 10.3 Å². The predicted octanol–water partition coefficient (Wildman–Crippen LogP) is 3.14. The first-order valence-electron chi connectivity index (χ1n) is 5.37. The zero-order chi connectivity index (χ0) is 13.8. The Kier molecular flexibility index (Phi) is 3.97. The third kappa shape index (κ3) is 3.00. The van der Waals surface area contributed by atoms with E-state index in [0.717, 1.165) is 6.07 Å². The van der Waals surface area contributed by atoms with Crippen molar-refractivity contribution in [1.29, 1.82) is 0 Å². The second-order valence-electron chi connectivity index (χ2n) is 3.63. The molecular formula is C13H10ClFN2O2. The van der Waals surface area contributed by atoms with Gasteiger partial charge < -0.3 is 10.1 Å². The number of methoxy groups -OCH3 is 1. The predicted molar refractivity (Wildman–Crippen MR) is 70.2 cm³/mol. The molecule has 2 rings (SSSR count).